The number of para-hydroxylation sites is 1. The van der Waals surface area contributed by atoms with Crippen LogP contribution in [0.5, 0.6) is 5.75 Å². The molecule has 1 aliphatic carbocycles. The van der Waals surface area contributed by atoms with E-state index in [1.165, 1.54) is 0 Å². The van der Waals surface area contributed by atoms with Gasteiger partial charge in [0.05, 0.1) is 10.5 Å². The summed E-state index contributed by atoms with van der Waals surface area (Å²) in [6, 6.07) is 13.6. The zero-order valence-corrected chi connectivity index (χ0v) is 12.5. The maximum absolute atomic E-state index is 12.6. The molecule has 0 fully saturated rings. The van der Waals surface area contributed by atoms with Crippen LogP contribution in [0, 0.1) is 0 Å². The summed E-state index contributed by atoms with van der Waals surface area (Å²) in [5.41, 5.74) is 1.25. The molecule has 1 heterocycles. The number of carbonyl (C=O) groups is 2. The number of aromatic nitrogens is 1. The number of fused-ring (bicyclic) bond motifs is 2. The van der Waals surface area contributed by atoms with E-state index in [1.54, 1.807) is 48.5 Å². The van der Waals surface area contributed by atoms with Gasteiger partial charge in [0.15, 0.2) is 17.3 Å². The van der Waals surface area contributed by atoms with Crippen LogP contribution >= 0.6 is 11.6 Å². The molecule has 4 nitrogen and oxygen atoms in total. The third-order valence-electron chi connectivity index (χ3n) is 4.09. The van der Waals surface area contributed by atoms with Gasteiger partial charge in [-0.15, -0.1) is 0 Å². The predicted molar refractivity (Wildman–Crippen MR) is 86.3 cm³/mol. The van der Waals surface area contributed by atoms with Gasteiger partial charge in [-0.3, -0.25) is 9.59 Å². The zero-order chi connectivity index (χ0) is 16.1. The minimum absolute atomic E-state index is 0.0138. The molecule has 23 heavy (non-hydrogen) atoms. The fraction of sp³-hybridized carbons (Fsp3) is 0.0556. The van der Waals surface area contributed by atoms with Crippen molar-refractivity contribution in [2.24, 2.45) is 0 Å². The Hall–Kier alpha value is -2.72. The lowest BCUT2D eigenvalue weighted by molar-refractivity contribution is 0.0886. The van der Waals surface area contributed by atoms with E-state index in [4.69, 9.17) is 11.6 Å². The number of pyridine rings is 1. The van der Waals surface area contributed by atoms with Crippen LogP contribution in [0.2, 0.25) is 5.02 Å². The Bertz CT molecular complexity index is 962. The zero-order valence-electron chi connectivity index (χ0n) is 11.8. The third kappa shape index (κ3) is 1.88. The van der Waals surface area contributed by atoms with Crippen LogP contribution in [0.3, 0.4) is 0 Å². The van der Waals surface area contributed by atoms with Crippen molar-refractivity contribution >= 4 is 34.1 Å². The van der Waals surface area contributed by atoms with E-state index in [0.717, 1.165) is 0 Å². The Kier molecular flexibility index (Phi) is 2.96. The second kappa shape index (κ2) is 4.89. The van der Waals surface area contributed by atoms with Gasteiger partial charge in [0.2, 0.25) is 0 Å². The molecule has 0 unspecified atom stereocenters. The molecule has 2 aromatic carbocycles. The lowest BCUT2D eigenvalue weighted by Crippen LogP contribution is -2.15. The second-order valence-corrected chi connectivity index (χ2v) is 5.76. The molecular formula is C18H10ClNO3. The van der Waals surface area contributed by atoms with Gasteiger partial charge in [-0.2, -0.15) is 0 Å². The smallest absolute Gasteiger partial charge is 0.180 e. The molecule has 1 aromatic heterocycles. The van der Waals surface area contributed by atoms with E-state index in [0.29, 0.717) is 22.0 Å². The minimum atomic E-state index is -1.14. The lowest BCUT2D eigenvalue weighted by atomic mass is 9.97. The Morgan fingerprint density at radius 2 is 1.48 bits per heavy atom. The van der Waals surface area contributed by atoms with E-state index in [1.807, 2.05) is 0 Å². The quantitative estimate of drug-likeness (QED) is 0.692. The standard InChI is InChI=1S/C18H10ClNO3/c19-14-11-7-3-4-8-12(11)20-15(18(14)23)13-16(21)9-5-1-2-6-10(9)17(13)22/h1-8,13,23H. The summed E-state index contributed by atoms with van der Waals surface area (Å²) < 4.78 is 0. The maximum atomic E-state index is 12.6. The monoisotopic (exact) mass is 323 g/mol. The Labute approximate surface area is 136 Å². The molecule has 4 rings (SSSR count). The summed E-state index contributed by atoms with van der Waals surface area (Å²) >= 11 is 6.20. The molecule has 0 amide bonds. The number of hydrogen-bond donors (Lipinski definition) is 1. The number of aromatic hydroxyl groups is 1. The lowest BCUT2D eigenvalue weighted by Gasteiger charge is -2.12. The van der Waals surface area contributed by atoms with Crippen LogP contribution in [0.4, 0.5) is 0 Å². The fourth-order valence-corrected chi connectivity index (χ4v) is 3.23. The van der Waals surface area contributed by atoms with Gasteiger partial charge in [-0.1, -0.05) is 54.1 Å². The van der Waals surface area contributed by atoms with Crippen molar-refractivity contribution in [3.8, 4) is 5.75 Å². The highest BCUT2D eigenvalue weighted by molar-refractivity contribution is 6.37. The van der Waals surface area contributed by atoms with Gasteiger partial charge in [0.25, 0.3) is 0 Å². The van der Waals surface area contributed by atoms with E-state index in [9.17, 15) is 14.7 Å². The molecule has 0 atom stereocenters. The van der Waals surface area contributed by atoms with Crippen molar-refractivity contribution in [2.75, 3.05) is 0 Å². The summed E-state index contributed by atoms with van der Waals surface area (Å²) in [7, 11) is 0. The van der Waals surface area contributed by atoms with E-state index < -0.39 is 5.92 Å². The molecule has 0 aliphatic heterocycles. The van der Waals surface area contributed by atoms with Crippen molar-refractivity contribution in [1.29, 1.82) is 0 Å². The fourth-order valence-electron chi connectivity index (χ4n) is 2.97. The van der Waals surface area contributed by atoms with Crippen molar-refractivity contribution < 1.29 is 14.7 Å². The first-order valence-electron chi connectivity index (χ1n) is 7.04. The normalized spacial score (nSPS) is 14.5. The molecule has 112 valence electrons. The topological polar surface area (TPSA) is 67.3 Å². The van der Waals surface area contributed by atoms with Gasteiger partial charge in [-0.05, 0) is 6.07 Å². The number of halogens is 1. The first-order chi connectivity index (χ1) is 11.1. The Balaban J connectivity index is 1.96. The molecule has 1 aliphatic rings. The number of nitrogens with zero attached hydrogens (tertiary/aromatic N) is 1. The molecule has 0 saturated heterocycles. The van der Waals surface area contributed by atoms with Crippen LogP contribution in [0.1, 0.15) is 32.3 Å². The summed E-state index contributed by atoms with van der Waals surface area (Å²) in [5, 5.41) is 11.0. The molecule has 0 saturated carbocycles. The first kappa shape index (κ1) is 13.9. The van der Waals surface area contributed by atoms with Crippen molar-refractivity contribution in [3.63, 3.8) is 0 Å². The van der Waals surface area contributed by atoms with Gasteiger partial charge in [0, 0.05) is 16.5 Å². The number of carbonyl (C=O) groups excluding carboxylic acids is 2. The molecule has 5 heteroatoms. The second-order valence-electron chi connectivity index (χ2n) is 5.38. The first-order valence-corrected chi connectivity index (χ1v) is 7.42. The maximum Gasteiger partial charge on any atom is 0.180 e. The summed E-state index contributed by atoms with van der Waals surface area (Å²) in [4.78, 5) is 29.5. The molecule has 1 N–H and O–H groups in total. The van der Waals surface area contributed by atoms with E-state index >= 15 is 0 Å². The van der Waals surface area contributed by atoms with Gasteiger partial charge >= 0.3 is 0 Å². The van der Waals surface area contributed by atoms with Crippen molar-refractivity contribution in [3.05, 3.63) is 70.4 Å². The van der Waals surface area contributed by atoms with Crippen LogP contribution in [0.15, 0.2) is 48.5 Å². The Morgan fingerprint density at radius 3 is 2.13 bits per heavy atom. The van der Waals surface area contributed by atoms with Gasteiger partial charge < -0.3 is 5.11 Å². The number of rotatable bonds is 1. The SMILES string of the molecule is O=C1c2ccccc2C(=O)C1c1nc2ccccc2c(Cl)c1O. The summed E-state index contributed by atoms with van der Waals surface area (Å²) in [6.45, 7) is 0. The molecule has 0 radical (unpaired) electrons. The number of Topliss-reactive ketones (excluding diaryl/α,β-unsaturated/α-hetero) is 2. The van der Waals surface area contributed by atoms with Crippen LogP contribution in [-0.4, -0.2) is 21.7 Å². The molecule has 0 bridgehead atoms. The summed E-state index contributed by atoms with van der Waals surface area (Å²) in [6.07, 6.45) is 0. The number of ketones is 2. The highest BCUT2D eigenvalue weighted by Crippen LogP contribution is 2.41. The van der Waals surface area contributed by atoms with E-state index in [2.05, 4.69) is 4.98 Å². The highest BCUT2D eigenvalue weighted by Gasteiger charge is 2.42. The van der Waals surface area contributed by atoms with Crippen LogP contribution in [-0.2, 0) is 0 Å². The van der Waals surface area contributed by atoms with Crippen LogP contribution in [0.25, 0.3) is 10.9 Å². The molecule has 3 aromatic rings. The van der Waals surface area contributed by atoms with Crippen LogP contribution < -0.4 is 0 Å². The largest absolute Gasteiger partial charge is 0.504 e. The van der Waals surface area contributed by atoms with E-state index in [-0.39, 0.29) is 28.0 Å². The summed E-state index contributed by atoms with van der Waals surface area (Å²) in [5.74, 6) is -2.18. The molecule has 0 spiro atoms. The number of benzene rings is 2. The van der Waals surface area contributed by atoms with Gasteiger partial charge in [0.1, 0.15) is 11.6 Å². The highest BCUT2D eigenvalue weighted by atomic mass is 35.5. The van der Waals surface area contributed by atoms with Crippen molar-refractivity contribution in [2.45, 2.75) is 5.92 Å². The minimum Gasteiger partial charge on any atom is -0.504 e. The Morgan fingerprint density at radius 1 is 0.913 bits per heavy atom. The van der Waals surface area contributed by atoms with Crippen molar-refractivity contribution in [1.82, 2.24) is 4.98 Å². The third-order valence-corrected chi connectivity index (χ3v) is 4.47. The average Bonchev–Trinajstić information content (AvgIpc) is 2.83. The molecular weight excluding hydrogens is 314 g/mol. The van der Waals surface area contributed by atoms with Gasteiger partial charge in [-0.25, -0.2) is 4.98 Å². The predicted octanol–water partition coefficient (Wildman–Crippen LogP) is 3.76. The average molecular weight is 324 g/mol. The number of hydrogen-bond acceptors (Lipinski definition) is 4.